The number of pyridine rings is 1. The van der Waals surface area contributed by atoms with Crippen molar-refractivity contribution >= 4 is 21.8 Å². The van der Waals surface area contributed by atoms with Gasteiger partial charge in [0.2, 0.25) is 0 Å². The maximum Gasteiger partial charge on any atom is 0.199 e. The Morgan fingerprint density at radius 1 is 0.842 bits per heavy atom. The van der Waals surface area contributed by atoms with E-state index in [0.29, 0.717) is 0 Å². The number of aromatic hydroxyl groups is 1. The number of hydrogen-bond donors (Lipinski definition) is 1. The van der Waals surface area contributed by atoms with Crippen LogP contribution in [0.15, 0.2) is 24.3 Å². The maximum absolute atomic E-state index is 13.6. The number of nitrogens with zero attached hydrogens (tertiary/aromatic N) is 1. The summed E-state index contributed by atoms with van der Waals surface area (Å²) in [6, 6.07) is 5.37. The van der Waals surface area contributed by atoms with E-state index in [9.17, 15) is 22.7 Å². The number of phenols is 1. The van der Waals surface area contributed by atoms with E-state index >= 15 is 0 Å². The van der Waals surface area contributed by atoms with Crippen molar-refractivity contribution in [3.63, 3.8) is 0 Å². The summed E-state index contributed by atoms with van der Waals surface area (Å²) < 4.78 is 53.4. The third-order valence-electron chi connectivity index (χ3n) is 2.85. The van der Waals surface area contributed by atoms with Gasteiger partial charge in [-0.2, -0.15) is 0 Å². The van der Waals surface area contributed by atoms with Crippen molar-refractivity contribution in [1.82, 2.24) is 4.98 Å². The summed E-state index contributed by atoms with van der Waals surface area (Å²) in [6.45, 7) is 0. The van der Waals surface area contributed by atoms with Gasteiger partial charge in [0.25, 0.3) is 0 Å². The average molecular weight is 267 g/mol. The minimum atomic E-state index is -1.92. The van der Waals surface area contributed by atoms with Crippen LogP contribution in [-0.2, 0) is 0 Å². The van der Waals surface area contributed by atoms with Crippen LogP contribution in [0.3, 0.4) is 0 Å². The standard InChI is InChI=1S/C13H5F4NO/c14-8-6-4-5-2-1-3-7(19)12(5)18-13(6)11(17)10(16)9(8)15/h1-4,19H. The number of para-hydroxylation sites is 1. The molecule has 0 aliphatic rings. The molecule has 1 N–H and O–H groups in total. The summed E-state index contributed by atoms with van der Waals surface area (Å²) in [5.41, 5.74) is -0.676. The van der Waals surface area contributed by atoms with Gasteiger partial charge in [0.1, 0.15) is 16.8 Å². The van der Waals surface area contributed by atoms with E-state index in [4.69, 9.17) is 0 Å². The van der Waals surface area contributed by atoms with Gasteiger partial charge >= 0.3 is 0 Å². The van der Waals surface area contributed by atoms with E-state index in [-0.39, 0.29) is 16.7 Å². The average Bonchev–Trinajstić information content (AvgIpc) is 2.42. The van der Waals surface area contributed by atoms with Gasteiger partial charge in [0.15, 0.2) is 23.3 Å². The fourth-order valence-electron chi connectivity index (χ4n) is 1.93. The summed E-state index contributed by atoms with van der Waals surface area (Å²) in [6.07, 6.45) is 0. The molecule has 2 aromatic carbocycles. The zero-order valence-electron chi connectivity index (χ0n) is 9.22. The van der Waals surface area contributed by atoms with Crippen LogP contribution in [0.25, 0.3) is 21.8 Å². The smallest absolute Gasteiger partial charge is 0.199 e. The van der Waals surface area contributed by atoms with Gasteiger partial charge in [0, 0.05) is 10.8 Å². The SMILES string of the molecule is Oc1cccc2cc3c(F)c(F)c(F)c(F)c3nc12. The number of phenolic OH excluding ortho intramolecular Hbond substituents is 1. The van der Waals surface area contributed by atoms with Crippen molar-refractivity contribution in [3.05, 3.63) is 47.5 Å². The van der Waals surface area contributed by atoms with Gasteiger partial charge in [0.05, 0.1) is 0 Å². The quantitative estimate of drug-likeness (QED) is 0.292. The molecular weight excluding hydrogens is 262 g/mol. The van der Waals surface area contributed by atoms with E-state index in [1.54, 1.807) is 0 Å². The first-order chi connectivity index (χ1) is 9.00. The number of benzene rings is 2. The second kappa shape index (κ2) is 3.81. The highest BCUT2D eigenvalue weighted by atomic mass is 19.2. The molecule has 3 rings (SSSR count). The lowest BCUT2D eigenvalue weighted by molar-refractivity contribution is 0.417. The van der Waals surface area contributed by atoms with Crippen molar-refractivity contribution in [3.8, 4) is 5.75 Å². The lowest BCUT2D eigenvalue weighted by Gasteiger charge is -2.06. The van der Waals surface area contributed by atoms with Crippen LogP contribution in [0.1, 0.15) is 0 Å². The molecule has 0 spiro atoms. The minimum Gasteiger partial charge on any atom is -0.506 e. The second-order valence-corrected chi connectivity index (χ2v) is 3.99. The molecule has 1 aromatic heterocycles. The normalized spacial score (nSPS) is 11.4. The molecule has 19 heavy (non-hydrogen) atoms. The van der Waals surface area contributed by atoms with Crippen molar-refractivity contribution in [1.29, 1.82) is 0 Å². The summed E-state index contributed by atoms with van der Waals surface area (Å²) in [4.78, 5) is 3.67. The zero-order chi connectivity index (χ0) is 13.7. The minimum absolute atomic E-state index is 0.0145. The first-order valence-electron chi connectivity index (χ1n) is 5.25. The molecule has 3 aromatic rings. The Bertz CT molecular complexity index is 832. The van der Waals surface area contributed by atoms with Crippen molar-refractivity contribution in [2.45, 2.75) is 0 Å². The molecule has 0 aliphatic carbocycles. The van der Waals surface area contributed by atoms with Crippen molar-refractivity contribution in [2.75, 3.05) is 0 Å². The highest BCUT2D eigenvalue weighted by molar-refractivity contribution is 5.95. The van der Waals surface area contributed by atoms with Gasteiger partial charge < -0.3 is 5.11 Å². The Hall–Kier alpha value is -2.37. The van der Waals surface area contributed by atoms with Gasteiger partial charge in [-0.05, 0) is 12.1 Å². The highest BCUT2D eigenvalue weighted by Gasteiger charge is 2.22. The predicted molar refractivity (Wildman–Crippen MR) is 60.7 cm³/mol. The van der Waals surface area contributed by atoms with Crippen molar-refractivity contribution in [2.24, 2.45) is 0 Å². The van der Waals surface area contributed by atoms with E-state index in [1.807, 2.05) is 0 Å². The fraction of sp³-hybridized carbons (Fsp3) is 0. The number of fused-ring (bicyclic) bond motifs is 2. The number of aromatic nitrogens is 1. The van der Waals surface area contributed by atoms with Crippen LogP contribution in [0.4, 0.5) is 17.6 Å². The molecule has 6 heteroatoms. The van der Waals surface area contributed by atoms with Crippen molar-refractivity contribution < 1.29 is 22.7 Å². The number of halogens is 4. The molecule has 0 atom stereocenters. The maximum atomic E-state index is 13.6. The molecule has 1 heterocycles. The fourth-order valence-corrected chi connectivity index (χ4v) is 1.93. The summed E-state index contributed by atoms with van der Waals surface area (Å²) in [5.74, 6) is -7.16. The Kier molecular flexibility index (Phi) is 2.35. The van der Waals surface area contributed by atoms with Crippen LogP contribution in [-0.4, -0.2) is 10.1 Å². The second-order valence-electron chi connectivity index (χ2n) is 3.99. The van der Waals surface area contributed by atoms with Crippen LogP contribution in [0, 0.1) is 23.3 Å². The largest absolute Gasteiger partial charge is 0.506 e. The molecule has 0 saturated heterocycles. The van der Waals surface area contributed by atoms with Gasteiger partial charge in [-0.25, -0.2) is 22.5 Å². The van der Waals surface area contributed by atoms with Crippen LogP contribution >= 0.6 is 0 Å². The lowest BCUT2D eigenvalue weighted by atomic mass is 10.1. The van der Waals surface area contributed by atoms with E-state index in [1.165, 1.54) is 18.2 Å². The van der Waals surface area contributed by atoms with E-state index < -0.39 is 34.2 Å². The van der Waals surface area contributed by atoms with Gasteiger partial charge in [-0.15, -0.1) is 0 Å². The summed E-state index contributed by atoms with van der Waals surface area (Å²) in [7, 11) is 0. The molecule has 0 amide bonds. The van der Waals surface area contributed by atoms with Crippen LogP contribution in [0.5, 0.6) is 5.75 Å². The monoisotopic (exact) mass is 267 g/mol. The number of rotatable bonds is 0. The summed E-state index contributed by atoms with van der Waals surface area (Å²) >= 11 is 0. The van der Waals surface area contributed by atoms with Gasteiger partial charge in [-0.1, -0.05) is 12.1 Å². The third-order valence-corrected chi connectivity index (χ3v) is 2.85. The predicted octanol–water partition coefficient (Wildman–Crippen LogP) is 3.65. The lowest BCUT2D eigenvalue weighted by Crippen LogP contribution is -2.00. The zero-order valence-corrected chi connectivity index (χ0v) is 9.22. The topological polar surface area (TPSA) is 33.1 Å². The molecule has 0 saturated carbocycles. The molecule has 0 radical (unpaired) electrons. The summed E-state index contributed by atoms with van der Waals surface area (Å²) in [5, 5.41) is 9.38. The Labute approximate surface area is 103 Å². The Morgan fingerprint density at radius 2 is 1.53 bits per heavy atom. The molecule has 0 unspecified atom stereocenters. The Balaban J connectivity index is 2.59. The van der Waals surface area contributed by atoms with Crippen LogP contribution < -0.4 is 0 Å². The molecule has 0 aliphatic heterocycles. The number of hydrogen-bond acceptors (Lipinski definition) is 2. The Morgan fingerprint density at radius 3 is 2.26 bits per heavy atom. The first kappa shape index (κ1) is 11.7. The molecule has 0 bridgehead atoms. The molecule has 96 valence electrons. The van der Waals surface area contributed by atoms with E-state index in [0.717, 1.165) is 6.07 Å². The molecule has 2 nitrogen and oxygen atoms in total. The van der Waals surface area contributed by atoms with Gasteiger partial charge in [-0.3, -0.25) is 0 Å². The third kappa shape index (κ3) is 1.53. The first-order valence-corrected chi connectivity index (χ1v) is 5.25. The van der Waals surface area contributed by atoms with E-state index in [2.05, 4.69) is 4.98 Å². The van der Waals surface area contributed by atoms with Crippen LogP contribution in [0.2, 0.25) is 0 Å². The highest BCUT2D eigenvalue weighted by Crippen LogP contribution is 2.31. The molecule has 0 fully saturated rings. The molecular formula is C13H5F4NO.